The van der Waals surface area contributed by atoms with E-state index in [2.05, 4.69) is 6.92 Å². The molecule has 1 amide bonds. The Kier molecular flexibility index (Phi) is 5.62. The molecular formula is C17H25NO3. The molecule has 0 spiro atoms. The first-order chi connectivity index (χ1) is 10.1. The van der Waals surface area contributed by atoms with E-state index in [1.54, 1.807) is 12.1 Å². The fourth-order valence-corrected chi connectivity index (χ4v) is 3.04. The van der Waals surface area contributed by atoms with Gasteiger partial charge in [-0.2, -0.15) is 0 Å². The zero-order valence-electron chi connectivity index (χ0n) is 12.9. The molecular weight excluding hydrogens is 266 g/mol. The second-order valence-electron chi connectivity index (χ2n) is 5.93. The molecule has 1 saturated carbocycles. The van der Waals surface area contributed by atoms with E-state index in [1.165, 1.54) is 19.3 Å². The summed E-state index contributed by atoms with van der Waals surface area (Å²) in [6.45, 7) is 2.25. The molecule has 4 heteroatoms. The molecule has 1 fully saturated rings. The van der Waals surface area contributed by atoms with Gasteiger partial charge in [0.05, 0.1) is 6.61 Å². The van der Waals surface area contributed by atoms with Gasteiger partial charge in [-0.05, 0) is 36.5 Å². The molecule has 1 aliphatic rings. The van der Waals surface area contributed by atoms with Gasteiger partial charge in [-0.1, -0.05) is 31.9 Å². The number of hydrogen-bond donors (Lipinski definition) is 1. The maximum atomic E-state index is 12.3. The van der Waals surface area contributed by atoms with Crippen molar-refractivity contribution in [3.63, 3.8) is 0 Å². The van der Waals surface area contributed by atoms with Gasteiger partial charge in [0.1, 0.15) is 5.75 Å². The van der Waals surface area contributed by atoms with Crippen LogP contribution in [0.5, 0.6) is 5.75 Å². The van der Waals surface area contributed by atoms with E-state index in [4.69, 9.17) is 9.84 Å². The van der Waals surface area contributed by atoms with Gasteiger partial charge in [-0.15, -0.1) is 0 Å². The number of likely N-dealkylation sites (N-methyl/N-ethyl adjacent to an activating group) is 1. The van der Waals surface area contributed by atoms with Crippen LogP contribution in [0.25, 0.3) is 0 Å². The summed E-state index contributed by atoms with van der Waals surface area (Å²) in [4.78, 5) is 14.1. The fourth-order valence-electron chi connectivity index (χ4n) is 3.04. The molecule has 2 rings (SSSR count). The van der Waals surface area contributed by atoms with Crippen molar-refractivity contribution in [1.29, 1.82) is 0 Å². The van der Waals surface area contributed by atoms with Gasteiger partial charge in [0.15, 0.2) is 6.61 Å². The highest BCUT2D eigenvalue weighted by Gasteiger charge is 2.27. The largest absolute Gasteiger partial charge is 0.484 e. The number of amides is 1. The predicted octanol–water partition coefficient (Wildman–Crippen LogP) is 2.59. The Morgan fingerprint density at radius 2 is 2.14 bits per heavy atom. The van der Waals surface area contributed by atoms with Gasteiger partial charge in [-0.25, -0.2) is 0 Å². The average Bonchev–Trinajstić information content (AvgIpc) is 2.52. The van der Waals surface area contributed by atoms with E-state index >= 15 is 0 Å². The van der Waals surface area contributed by atoms with Crippen LogP contribution < -0.4 is 4.74 Å². The summed E-state index contributed by atoms with van der Waals surface area (Å²) in [5, 5.41) is 9.10. The molecule has 0 radical (unpaired) electrons. The van der Waals surface area contributed by atoms with Gasteiger partial charge in [0.2, 0.25) is 0 Å². The van der Waals surface area contributed by atoms with Crippen molar-refractivity contribution in [2.75, 3.05) is 13.7 Å². The second kappa shape index (κ2) is 7.46. The van der Waals surface area contributed by atoms with Crippen LogP contribution in [-0.2, 0) is 11.4 Å². The maximum absolute atomic E-state index is 12.3. The highest BCUT2D eigenvalue weighted by atomic mass is 16.5. The molecule has 0 bridgehead atoms. The number of nitrogens with zero attached hydrogens (tertiary/aromatic N) is 1. The Labute approximate surface area is 126 Å². The van der Waals surface area contributed by atoms with Crippen molar-refractivity contribution >= 4 is 5.91 Å². The lowest BCUT2D eigenvalue weighted by molar-refractivity contribution is -0.135. The number of carbonyl (C=O) groups is 1. The lowest BCUT2D eigenvalue weighted by atomic mass is 9.85. The molecule has 2 atom stereocenters. The van der Waals surface area contributed by atoms with Gasteiger partial charge < -0.3 is 14.7 Å². The number of carbonyl (C=O) groups excluding carboxylic acids is 1. The zero-order chi connectivity index (χ0) is 15.2. The third-order valence-corrected chi connectivity index (χ3v) is 4.40. The monoisotopic (exact) mass is 291 g/mol. The Morgan fingerprint density at radius 3 is 2.86 bits per heavy atom. The number of benzene rings is 1. The van der Waals surface area contributed by atoms with Crippen molar-refractivity contribution in [3.8, 4) is 5.75 Å². The standard InChI is InChI=1S/C17H25NO3/c1-13-6-3-4-9-16(13)18(2)17(20)12-21-15-8-5-7-14(10-15)11-19/h5,7-8,10,13,16,19H,3-4,6,9,11-12H2,1-2H3. The molecule has 116 valence electrons. The minimum Gasteiger partial charge on any atom is -0.484 e. The Bertz CT molecular complexity index is 475. The van der Waals surface area contributed by atoms with Crippen LogP contribution >= 0.6 is 0 Å². The number of ether oxygens (including phenoxy) is 1. The topological polar surface area (TPSA) is 49.8 Å². The van der Waals surface area contributed by atoms with Crippen molar-refractivity contribution in [1.82, 2.24) is 4.90 Å². The average molecular weight is 291 g/mol. The quantitative estimate of drug-likeness (QED) is 0.907. The minimum atomic E-state index is -0.0232. The van der Waals surface area contributed by atoms with E-state index in [0.717, 1.165) is 12.0 Å². The van der Waals surface area contributed by atoms with E-state index in [9.17, 15) is 4.79 Å². The summed E-state index contributed by atoms with van der Waals surface area (Å²) in [6.07, 6.45) is 4.75. The molecule has 21 heavy (non-hydrogen) atoms. The lowest BCUT2D eigenvalue weighted by Gasteiger charge is -2.36. The number of rotatable bonds is 5. The summed E-state index contributed by atoms with van der Waals surface area (Å²) in [7, 11) is 1.88. The minimum absolute atomic E-state index is 0.0168. The summed E-state index contributed by atoms with van der Waals surface area (Å²) in [5.74, 6) is 1.20. The van der Waals surface area contributed by atoms with E-state index in [1.807, 2.05) is 24.1 Å². The summed E-state index contributed by atoms with van der Waals surface area (Å²) >= 11 is 0. The van der Waals surface area contributed by atoms with Gasteiger partial charge in [0, 0.05) is 13.1 Å². The second-order valence-corrected chi connectivity index (χ2v) is 5.93. The Hall–Kier alpha value is -1.55. The van der Waals surface area contributed by atoms with Crippen molar-refractivity contribution < 1.29 is 14.6 Å². The van der Waals surface area contributed by atoms with Crippen LogP contribution in [0.3, 0.4) is 0 Å². The smallest absolute Gasteiger partial charge is 0.260 e. The van der Waals surface area contributed by atoms with E-state index < -0.39 is 0 Å². The maximum Gasteiger partial charge on any atom is 0.260 e. The van der Waals surface area contributed by atoms with Crippen molar-refractivity contribution in [3.05, 3.63) is 29.8 Å². The first-order valence-corrected chi connectivity index (χ1v) is 7.70. The normalized spacial score (nSPS) is 21.9. The molecule has 0 aliphatic heterocycles. The zero-order valence-corrected chi connectivity index (χ0v) is 12.9. The van der Waals surface area contributed by atoms with E-state index in [-0.39, 0.29) is 19.1 Å². The molecule has 4 nitrogen and oxygen atoms in total. The molecule has 1 aromatic rings. The number of aliphatic hydroxyl groups is 1. The Balaban J connectivity index is 1.88. The molecule has 1 N–H and O–H groups in total. The first kappa shape index (κ1) is 15.8. The van der Waals surface area contributed by atoms with Crippen molar-refractivity contribution in [2.24, 2.45) is 5.92 Å². The summed E-state index contributed by atoms with van der Waals surface area (Å²) in [6, 6.07) is 7.54. The molecule has 0 heterocycles. The van der Waals surface area contributed by atoms with Crippen LogP contribution in [0.1, 0.15) is 38.2 Å². The molecule has 0 saturated heterocycles. The highest BCUT2D eigenvalue weighted by Crippen LogP contribution is 2.27. The number of hydrogen-bond acceptors (Lipinski definition) is 3. The van der Waals surface area contributed by atoms with Gasteiger partial charge in [0.25, 0.3) is 5.91 Å². The third kappa shape index (κ3) is 4.21. The highest BCUT2D eigenvalue weighted by molar-refractivity contribution is 5.77. The van der Waals surface area contributed by atoms with Gasteiger partial charge >= 0.3 is 0 Å². The van der Waals surface area contributed by atoms with Gasteiger partial charge in [-0.3, -0.25) is 4.79 Å². The number of aliphatic hydroxyl groups excluding tert-OH is 1. The van der Waals surface area contributed by atoms with Crippen LogP contribution in [0.2, 0.25) is 0 Å². The molecule has 1 aliphatic carbocycles. The first-order valence-electron chi connectivity index (χ1n) is 7.70. The van der Waals surface area contributed by atoms with E-state index in [0.29, 0.717) is 17.7 Å². The SMILES string of the molecule is CC1CCCCC1N(C)C(=O)COc1cccc(CO)c1. The van der Waals surface area contributed by atoms with Crippen LogP contribution in [0, 0.1) is 5.92 Å². The summed E-state index contributed by atoms with van der Waals surface area (Å²) < 4.78 is 5.56. The lowest BCUT2D eigenvalue weighted by Crippen LogP contribution is -2.44. The predicted molar refractivity (Wildman–Crippen MR) is 82.0 cm³/mol. The molecule has 2 unspecified atom stereocenters. The fraction of sp³-hybridized carbons (Fsp3) is 0.588. The van der Waals surface area contributed by atoms with Crippen LogP contribution in [-0.4, -0.2) is 35.6 Å². The van der Waals surface area contributed by atoms with Crippen LogP contribution in [0.15, 0.2) is 24.3 Å². The van der Waals surface area contributed by atoms with Crippen molar-refractivity contribution in [2.45, 2.75) is 45.3 Å². The summed E-state index contributed by atoms with van der Waals surface area (Å²) in [5.41, 5.74) is 0.786. The van der Waals surface area contributed by atoms with Crippen LogP contribution in [0.4, 0.5) is 0 Å². The molecule has 1 aromatic carbocycles. The third-order valence-electron chi connectivity index (χ3n) is 4.40. The Morgan fingerprint density at radius 1 is 1.38 bits per heavy atom. The molecule has 0 aromatic heterocycles.